The second-order valence-electron chi connectivity index (χ2n) is 4.42. The summed E-state index contributed by atoms with van der Waals surface area (Å²) in [6.07, 6.45) is 8.69. The van der Waals surface area contributed by atoms with Crippen molar-refractivity contribution in [1.82, 2.24) is 10.7 Å². The summed E-state index contributed by atoms with van der Waals surface area (Å²) in [6, 6.07) is 0. The minimum atomic E-state index is 0.680. The van der Waals surface area contributed by atoms with Gasteiger partial charge in [0.15, 0.2) is 0 Å². The molecule has 0 spiro atoms. The molecule has 0 saturated carbocycles. The highest BCUT2D eigenvalue weighted by atomic mass is 16.5. The first-order chi connectivity index (χ1) is 8.85. The van der Waals surface area contributed by atoms with E-state index in [2.05, 4.69) is 22.7 Å². The highest BCUT2D eigenvalue weighted by Gasteiger charge is 1.95. The minimum absolute atomic E-state index is 0.680. The lowest BCUT2D eigenvalue weighted by Crippen LogP contribution is -2.42. The largest absolute Gasteiger partial charge is 0.385 e. The number of nitrogens with one attached hydrogen (secondary N) is 2. The maximum absolute atomic E-state index is 5.39. The highest BCUT2D eigenvalue weighted by molar-refractivity contribution is 5.79. The van der Waals surface area contributed by atoms with Crippen molar-refractivity contribution in [1.29, 1.82) is 0 Å². The predicted octanol–water partition coefficient (Wildman–Crippen LogP) is 1.79. The van der Waals surface area contributed by atoms with E-state index >= 15 is 0 Å². The Kier molecular flexibility index (Phi) is 13.6. The van der Waals surface area contributed by atoms with E-state index < -0.39 is 0 Å². The molecule has 0 bridgehead atoms. The molecular weight excluding hydrogens is 228 g/mol. The number of ether oxygens (including phenoxy) is 1. The topological polar surface area (TPSA) is 71.7 Å². The van der Waals surface area contributed by atoms with E-state index in [-0.39, 0.29) is 0 Å². The molecule has 0 amide bonds. The van der Waals surface area contributed by atoms with Crippen LogP contribution in [0.5, 0.6) is 0 Å². The third-order valence-corrected chi connectivity index (χ3v) is 2.74. The Morgan fingerprint density at radius 3 is 2.50 bits per heavy atom. The van der Waals surface area contributed by atoms with Gasteiger partial charge in [0.1, 0.15) is 0 Å². The third kappa shape index (κ3) is 11.7. The molecule has 0 aliphatic rings. The second kappa shape index (κ2) is 14.3. The van der Waals surface area contributed by atoms with Crippen LogP contribution in [0.1, 0.15) is 51.9 Å². The molecule has 5 nitrogen and oxygen atoms in total. The number of hydrogen-bond donors (Lipinski definition) is 3. The van der Waals surface area contributed by atoms with E-state index in [1.807, 2.05) is 0 Å². The molecule has 5 heteroatoms. The Bertz CT molecular complexity index is 197. The second-order valence-corrected chi connectivity index (χ2v) is 4.42. The van der Waals surface area contributed by atoms with Crippen LogP contribution in [0, 0.1) is 0 Å². The molecule has 108 valence electrons. The zero-order valence-electron chi connectivity index (χ0n) is 12.0. The summed E-state index contributed by atoms with van der Waals surface area (Å²) in [7, 11) is 1.70. The summed E-state index contributed by atoms with van der Waals surface area (Å²) in [5.74, 6) is 6.07. The normalized spacial score (nSPS) is 11.6. The molecule has 0 rings (SSSR count). The number of rotatable bonds is 11. The molecule has 0 aliphatic heterocycles. The number of nitrogens with zero attached hydrogens (tertiary/aromatic N) is 1. The Morgan fingerprint density at radius 2 is 1.83 bits per heavy atom. The fourth-order valence-electron chi connectivity index (χ4n) is 1.66. The lowest BCUT2D eigenvalue weighted by Gasteiger charge is -2.09. The quantitative estimate of drug-likeness (QED) is 0.174. The van der Waals surface area contributed by atoms with Gasteiger partial charge in [-0.15, -0.1) is 0 Å². The van der Waals surface area contributed by atoms with Gasteiger partial charge in [-0.25, -0.2) is 5.84 Å². The van der Waals surface area contributed by atoms with Crippen molar-refractivity contribution in [3.05, 3.63) is 0 Å². The first kappa shape index (κ1) is 17.2. The first-order valence-electron chi connectivity index (χ1n) is 7.09. The van der Waals surface area contributed by atoms with Crippen molar-refractivity contribution in [2.75, 3.05) is 26.8 Å². The van der Waals surface area contributed by atoms with Crippen LogP contribution in [0.15, 0.2) is 4.99 Å². The van der Waals surface area contributed by atoms with E-state index in [9.17, 15) is 0 Å². The first-order valence-corrected chi connectivity index (χ1v) is 7.09. The van der Waals surface area contributed by atoms with Gasteiger partial charge in [0, 0.05) is 26.8 Å². The van der Waals surface area contributed by atoms with Crippen molar-refractivity contribution in [2.45, 2.75) is 51.9 Å². The van der Waals surface area contributed by atoms with Crippen LogP contribution in [0.2, 0.25) is 0 Å². The monoisotopic (exact) mass is 258 g/mol. The van der Waals surface area contributed by atoms with Crippen molar-refractivity contribution in [2.24, 2.45) is 10.8 Å². The van der Waals surface area contributed by atoms with Crippen LogP contribution >= 0.6 is 0 Å². The Balaban J connectivity index is 3.43. The Morgan fingerprint density at radius 1 is 1.11 bits per heavy atom. The molecular formula is C13H30N4O. The summed E-state index contributed by atoms with van der Waals surface area (Å²) >= 11 is 0. The van der Waals surface area contributed by atoms with Gasteiger partial charge in [0.25, 0.3) is 0 Å². The molecule has 0 heterocycles. The molecule has 0 aliphatic carbocycles. The number of methoxy groups -OCH3 is 1. The Labute approximate surface area is 112 Å². The third-order valence-electron chi connectivity index (χ3n) is 2.74. The zero-order chi connectivity index (χ0) is 13.5. The van der Waals surface area contributed by atoms with Gasteiger partial charge in [0.05, 0.1) is 0 Å². The molecule has 0 unspecified atom stereocenters. The minimum Gasteiger partial charge on any atom is -0.385 e. The molecule has 4 N–H and O–H groups in total. The molecule has 0 aromatic rings. The lowest BCUT2D eigenvalue weighted by molar-refractivity contribution is 0.197. The molecule has 0 aromatic heterocycles. The van der Waals surface area contributed by atoms with Crippen LogP contribution in [-0.4, -0.2) is 32.8 Å². The molecule has 0 radical (unpaired) electrons. The Hall–Kier alpha value is -0.810. The number of hydrazine groups is 1. The van der Waals surface area contributed by atoms with E-state index in [1.165, 1.54) is 38.5 Å². The van der Waals surface area contributed by atoms with Crippen LogP contribution in [-0.2, 0) is 4.74 Å². The molecule has 0 saturated heterocycles. The average molecular weight is 258 g/mol. The van der Waals surface area contributed by atoms with Crippen LogP contribution in [0.3, 0.4) is 0 Å². The van der Waals surface area contributed by atoms with E-state index in [1.54, 1.807) is 7.11 Å². The van der Waals surface area contributed by atoms with Gasteiger partial charge in [-0.3, -0.25) is 10.4 Å². The molecule has 0 aromatic carbocycles. The van der Waals surface area contributed by atoms with Crippen LogP contribution in [0.4, 0.5) is 0 Å². The maximum atomic E-state index is 5.39. The summed E-state index contributed by atoms with van der Waals surface area (Å²) in [5.41, 5.74) is 2.59. The maximum Gasteiger partial charge on any atom is 0.205 e. The zero-order valence-corrected chi connectivity index (χ0v) is 12.0. The number of aliphatic imine (C=N–C) groups is 1. The smallest absolute Gasteiger partial charge is 0.205 e. The predicted molar refractivity (Wildman–Crippen MR) is 77.5 cm³/mol. The fraction of sp³-hybridized carbons (Fsp3) is 0.923. The molecule has 0 atom stereocenters. The summed E-state index contributed by atoms with van der Waals surface area (Å²) < 4.78 is 4.96. The van der Waals surface area contributed by atoms with Gasteiger partial charge in [-0.05, 0) is 12.8 Å². The summed E-state index contributed by atoms with van der Waals surface area (Å²) in [5, 5.41) is 3.21. The van der Waals surface area contributed by atoms with Gasteiger partial charge in [0.2, 0.25) is 5.96 Å². The molecule has 18 heavy (non-hydrogen) atoms. The van der Waals surface area contributed by atoms with Crippen LogP contribution < -0.4 is 16.6 Å². The number of hydrogen-bond acceptors (Lipinski definition) is 3. The fourth-order valence-corrected chi connectivity index (χ4v) is 1.66. The average Bonchev–Trinajstić information content (AvgIpc) is 2.40. The van der Waals surface area contributed by atoms with Gasteiger partial charge in [-0.1, -0.05) is 39.0 Å². The van der Waals surface area contributed by atoms with Crippen molar-refractivity contribution >= 4 is 5.96 Å². The SMILES string of the molecule is CCCCCCCCNC(=NCCCOC)NN. The molecule has 0 fully saturated rings. The van der Waals surface area contributed by atoms with Gasteiger partial charge in [-0.2, -0.15) is 0 Å². The van der Waals surface area contributed by atoms with E-state index in [0.29, 0.717) is 5.96 Å². The van der Waals surface area contributed by atoms with Crippen molar-refractivity contribution in [3.63, 3.8) is 0 Å². The number of guanidine groups is 1. The van der Waals surface area contributed by atoms with Crippen molar-refractivity contribution < 1.29 is 4.74 Å². The van der Waals surface area contributed by atoms with Gasteiger partial charge < -0.3 is 10.1 Å². The highest BCUT2D eigenvalue weighted by Crippen LogP contribution is 2.03. The summed E-state index contributed by atoms with van der Waals surface area (Å²) in [6.45, 7) is 4.63. The summed E-state index contributed by atoms with van der Waals surface area (Å²) in [4.78, 5) is 4.32. The number of unbranched alkanes of at least 4 members (excludes halogenated alkanes) is 5. The van der Waals surface area contributed by atoms with Gasteiger partial charge >= 0.3 is 0 Å². The van der Waals surface area contributed by atoms with E-state index in [4.69, 9.17) is 10.6 Å². The van der Waals surface area contributed by atoms with E-state index in [0.717, 1.165) is 26.1 Å². The van der Waals surface area contributed by atoms with Crippen molar-refractivity contribution in [3.8, 4) is 0 Å². The standard InChI is InChI=1S/C13H30N4O/c1-3-4-5-6-7-8-10-15-13(17-14)16-11-9-12-18-2/h3-12,14H2,1-2H3,(H2,15,16,17). The van der Waals surface area contributed by atoms with Crippen LogP contribution in [0.25, 0.3) is 0 Å². The lowest BCUT2D eigenvalue weighted by atomic mass is 10.1. The number of nitrogens with two attached hydrogens (primary N) is 1.